The lowest BCUT2D eigenvalue weighted by Crippen LogP contribution is -2.25. The first kappa shape index (κ1) is 15.3. The molecule has 19 heavy (non-hydrogen) atoms. The van der Waals surface area contributed by atoms with E-state index < -0.39 is 0 Å². The average Bonchev–Trinajstić information content (AvgIpc) is 2.35. The minimum Gasteiger partial charge on any atom is -0.314 e. The third-order valence-electron chi connectivity index (χ3n) is 3.22. The maximum atomic E-state index is 11.7. The zero-order chi connectivity index (χ0) is 14.5. The second-order valence-corrected chi connectivity index (χ2v) is 5.73. The Bertz CT molecular complexity index is 453. The number of benzene rings is 1. The molecule has 0 radical (unpaired) electrons. The SMILES string of the molecule is CCc1ccc(NC(=O)N/C=C(\C)C(C)(C)C)cc1. The number of aryl methyl sites for hydroxylation is 1. The first-order valence-electron chi connectivity index (χ1n) is 6.66. The molecule has 3 heteroatoms. The van der Waals surface area contributed by atoms with Crippen molar-refractivity contribution in [1.82, 2.24) is 5.32 Å². The topological polar surface area (TPSA) is 41.1 Å². The molecule has 0 unspecified atom stereocenters. The monoisotopic (exact) mass is 260 g/mol. The quantitative estimate of drug-likeness (QED) is 0.835. The number of hydrogen-bond donors (Lipinski definition) is 2. The van der Waals surface area contributed by atoms with E-state index in [4.69, 9.17) is 0 Å². The normalized spacial score (nSPS) is 12.2. The molecular formula is C16H24N2O. The van der Waals surface area contributed by atoms with Crippen molar-refractivity contribution >= 4 is 11.7 Å². The fourth-order valence-electron chi connectivity index (χ4n) is 1.38. The van der Waals surface area contributed by atoms with E-state index in [0.717, 1.165) is 17.7 Å². The molecule has 0 aromatic heterocycles. The molecule has 0 spiro atoms. The van der Waals surface area contributed by atoms with Crippen LogP contribution in [0.15, 0.2) is 36.0 Å². The van der Waals surface area contributed by atoms with Gasteiger partial charge in [-0.05, 0) is 36.5 Å². The van der Waals surface area contributed by atoms with E-state index in [9.17, 15) is 4.79 Å². The summed E-state index contributed by atoms with van der Waals surface area (Å²) in [4.78, 5) is 11.7. The molecule has 0 aliphatic heterocycles. The molecule has 0 saturated carbocycles. The molecule has 0 atom stereocenters. The summed E-state index contributed by atoms with van der Waals surface area (Å²) in [7, 11) is 0. The predicted octanol–water partition coefficient (Wildman–Crippen LogP) is 4.32. The van der Waals surface area contributed by atoms with E-state index in [1.165, 1.54) is 5.56 Å². The van der Waals surface area contributed by atoms with Crippen molar-refractivity contribution < 1.29 is 4.79 Å². The van der Waals surface area contributed by atoms with E-state index >= 15 is 0 Å². The molecule has 0 aliphatic carbocycles. The maximum Gasteiger partial charge on any atom is 0.323 e. The Kier molecular flexibility index (Phi) is 5.16. The van der Waals surface area contributed by atoms with Gasteiger partial charge in [0.05, 0.1) is 0 Å². The molecule has 0 heterocycles. The van der Waals surface area contributed by atoms with Crippen molar-refractivity contribution in [3.63, 3.8) is 0 Å². The van der Waals surface area contributed by atoms with Crippen LogP contribution >= 0.6 is 0 Å². The molecule has 3 nitrogen and oxygen atoms in total. The van der Waals surface area contributed by atoms with E-state index in [2.05, 4.69) is 38.3 Å². The second-order valence-electron chi connectivity index (χ2n) is 5.73. The number of anilines is 1. The maximum absolute atomic E-state index is 11.7. The summed E-state index contributed by atoms with van der Waals surface area (Å²) in [6, 6.07) is 7.66. The van der Waals surface area contributed by atoms with Crippen molar-refractivity contribution in [3.05, 3.63) is 41.6 Å². The minimum atomic E-state index is -0.215. The summed E-state index contributed by atoms with van der Waals surface area (Å²) in [6.45, 7) is 10.5. The zero-order valence-corrected chi connectivity index (χ0v) is 12.5. The zero-order valence-electron chi connectivity index (χ0n) is 12.5. The standard InChI is InChI=1S/C16H24N2O/c1-6-13-7-9-14(10-8-13)18-15(19)17-11-12(2)16(3,4)5/h7-11H,6H2,1-5H3,(H2,17,18,19)/b12-11+. The predicted molar refractivity (Wildman–Crippen MR) is 81.2 cm³/mol. The molecule has 0 aliphatic rings. The van der Waals surface area contributed by atoms with Crippen LogP contribution in [0.25, 0.3) is 0 Å². The van der Waals surface area contributed by atoms with Crippen LogP contribution in [0, 0.1) is 5.41 Å². The third-order valence-corrected chi connectivity index (χ3v) is 3.22. The average molecular weight is 260 g/mol. The van der Waals surface area contributed by atoms with E-state index in [-0.39, 0.29) is 11.4 Å². The summed E-state index contributed by atoms with van der Waals surface area (Å²) in [5, 5.41) is 5.56. The number of hydrogen-bond acceptors (Lipinski definition) is 1. The molecule has 0 fully saturated rings. The van der Waals surface area contributed by atoms with E-state index in [1.807, 2.05) is 31.2 Å². The fourth-order valence-corrected chi connectivity index (χ4v) is 1.38. The number of nitrogens with one attached hydrogen (secondary N) is 2. The number of amides is 2. The Hall–Kier alpha value is -1.77. The molecule has 1 rings (SSSR count). The number of carbonyl (C=O) groups excluding carboxylic acids is 1. The Labute approximate surface area is 116 Å². The molecule has 1 aromatic carbocycles. The lowest BCUT2D eigenvalue weighted by atomic mass is 9.88. The highest BCUT2D eigenvalue weighted by Crippen LogP contribution is 2.23. The number of allylic oxidation sites excluding steroid dienone is 1. The van der Waals surface area contributed by atoms with Gasteiger partial charge in [0.25, 0.3) is 0 Å². The van der Waals surface area contributed by atoms with Crippen molar-refractivity contribution in [2.24, 2.45) is 5.41 Å². The van der Waals surface area contributed by atoms with Crippen molar-refractivity contribution in [2.75, 3.05) is 5.32 Å². The Balaban J connectivity index is 2.56. The number of rotatable bonds is 3. The summed E-state index contributed by atoms with van der Waals surface area (Å²) in [6.07, 6.45) is 2.76. The fraction of sp³-hybridized carbons (Fsp3) is 0.438. The smallest absolute Gasteiger partial charge is 0.314 e. The molecule has 2 amide bonds. The first-order chi connectivity index (χ1) is 8.82. The van der Waals surface area contributed by atoms with Gasteiger partial charge in [0, 0.05) is 11.9 Å². The van der Waals surface area contributed by atoms with Gasteiger partial charge in [0.15, 0.2) is 0 Å². The number of urea groups is 1. The summed E-state index contributed by atoms with van der Waals surface area (Å²) >= 11 is 0. The van der Waals surface area contributed by atoms with Gasteiger partial charge >= 0.3 is 6.03 Å². The molecule has 104 valence electrons. The van der Waals surface area contributed by atoms with Gasteiger partial charge in [-0.25, -0.2) is 4.79 Å². The Morgan fingerprint density at radius 1 is 1.21 bits per heavy atom. The van der Waals surface area contributed by atoms with Gasteiger partial charge in [-0.15, -0.1) is 0 Å². The van der Waals surface area contributed by atoms with E-state index in [1.54, 1.807) is 6.20 Å². The third kappa shape index (κ3) is 5.16. The highest BCUT2D eigenvalue weighted by Gasteiger charge is 2.12. The minimum absolute atomic E-state index is 0.0655. The van der Waals surface area contributed by atoms with Gasteiger partial charge in [0.1, 0.15) is 0 Å². The lowest BCUT2D eigenvalue weighted by Gasteiger charge is -2.19. The van der Waals surface area contributed by atoms with Gasteiger partial charge < -0.3 is 10.6 Å². The Morgan fingerprint density at radius 2 is 1.79 bits per heavy atom. The van der Waals surface area contributed by atoms with Crippen LogP contribution in [0.4, 0.5) is 10.5 Å². The van der Waals surface area contributed by atoms with Gasteiger partial charge in [-0.3, -0.25) is 0 Å². The van der Waals surface area contributed by atoms with Crippen LogP contribution in [-0.2, 0) is 6.42 Å². The number of carbonyl (C=O) groups is 1. The van der Waals surface area contributed by atoms with Crippen molar-refractivity contribution in [1.29, 1.82) is 0 Å². The lowest BCUT2D eigenvalue weighted by molar-refractivity contribution is 0.255. The summed E-state index contributed by atoms with van der Waals surface area (Å²) < 4.78 is 0. The molecular weight excluding hydrogens is 236 g/mol. The van der Waals surface area contributed by atoms with Crippen LogP contribution in [0.2, 0.25) is 0 Å². The molecule has 0 saturated heterocycles. The van der Waals surface area contributed by atoms with Crippen LogP contribution in [0.5, 0.6) is 0 Å². The van der Waals surface area contributed by atoms with E-state index in [0.29, 0.717) is 0 Å². The molecule has 2 N–H and O–H groups in total. The first-order valence-corrected chi connectivity index (χ1v) is 6.66. The van der Waals surface area contributed by atoms with Crippen molar-refractivity contribution in [2.45, 2.75) is 41.0 Å². The van der Waals surface area contributed by atoms with Crippen LogP contribution in [0.3, 0.4) is 0 Å². The molecule has 0 bridgehead atoms. The van der Waals surface area contributed by atoms with Crippen LogP contribution < -0.4 is 10.6 Å². The van der Waals surface area contributed by atoms with Gasteiger partial charge in [-0.1, -0.05) is 45.4 Å². The Morgan fingerprint density at radius 3 is 2.26 bits per heavy atom. The summed E-state index contributed by atoms with van der Waals surface area (Å²) in [5.41, 5.74) is 3.26. The highest BCUT2D eigenvalue weighted by atomic mass is 16.2. The molecule has 1 aromatic rings. The van der Waals surface area contributed by atoms with Gasteiger partial charge in [-0.2, -0.15) is 0 Å². The van der Waals surface area contributed by atoms with Crippen LogP contribution in [-0.4, -0.2) is 6.03 Å². The van der Waals surface area contributed by atoms with Crippen molar-refractivity contribution in [3.8, 4) is 0 Å². The highest BCUT2D eigenvalue weighted by molar-refractivity contribution is 5.89. The summed E-state index contributed by atoms with van der Waals surface area (Å²) in [5.74, 6) is 0. The van der Waals surface area contributed by atoms with Gasteiger partial charge in [0.2, 0.25) is 0 Å². The van der Waals surface area contributed by atoms with Crippen LogP contribution in [0.1, 0.15) is 40.2 Å². The second kappa shape index (κ2) is 6.41. The largest absolute Gasteiger partial charge is 0.323 e.